The Morgan fingerprint density at radius 2 is 2.50 bits per heavy atom. The van der Waals surface area contributed by atoms with E-state index in [-0.39, 0.29) is 6.54 Å². The zero-order valence-electron chi connectivity index (χ0n) is 7.68. The third kappa shape index (κ3) is 1.37. The summed E-state index contributed by atoms with van der Waals surface area (Å²) in [6, 6.07) is 0. The fourth-order valence-electron chi connectivity index (χ4n) is 1.72. The van der Waals surface area contributed by atoms with Gasteiger partial charge in [-0.15, -0.1) is 0 Å². The molecule has 6 heteroatoms. The summed E-state index contributed by atoms with van der Waals surface area (Å²) in [5, 5.41) is 13.1. The summed E-state index contributed by atoms with van der Waals surface area (Å²) in [5.41, 5.74) is 5.40. The molecular formula is C8H12N4O2. The number of nitrogens with two attached hydrogens (primary N) is 1. The van der Waals surface area contributed by atoms with Crippen molar-refractivity contribution in [3.05, 3.63) is 11.6 Å². The standard InChI is InChI=1S/C8H12N4O2/c9-4-6-10-7-5(8(13)14)2-1-3-12(7)11-6/h5H,1-4,9H2,(H,13,14). The van der Waals surface area contributed by atoms with E-state index in [4.69, 9.17) is 10.8 Å². The Morgan fingerprint density at radius 1 is 1.71 bits per heavy atom. The summed E-state index contributed by atoms with van der Waals surface area (Å²) in [4.78, 5) is 15.0. The molecule has 1 aliphatic heterocycles. The number of carboxylic acids is 1. The third-order valence-corrected chi connectivity index (χ3v) is 2.40. The van der Waals surface area contributed by atoms with E-state index < -0.39 is 11.9 Å². The van der Waals surface area contributed by atoms with Crippen LogP contribution in [0.5, 0.6) is 0 Å². The van der Waals surface area contributed by atoms with Crippen molar-refractivity contribution in [2.24, 2.45) is 5.73 Å². The van der Waals surface area contributed by atoms with Crippen molar-refractivity contribution in [2.45, 2.75) is 31.8 Å². The lowest BCUT2D eigenvalue weighted by molar-refractivity contribution is -0.139. The average Bonchev–Trinajstić information content (AvgIpc) is 2.59. The van der Waals surface area contributed by atoms with Gasteiger partial charge in [-0.25, -0.2) is 9.67 Å². The van der Waals surface area contributed by atoms with E-state index in [2.05, 4.69) is 10.1 Å². The molecule has 0 aromatic carbocycles. The van der Waals surface area contributed by atoms with Gasteiger partial charge in [0.2, 0.25) is 0 Å². The Balaban J connectivity index is 2.38. The molecular weight excluding hydrogens is 184 g/mol. The number of hydrogen-bond acceptors (Lipinski definition) is 4. The highest BCUT2D eigenvalue weighted by molar-refractivity contribution is 5.75. The SMILES string of the molecule is NCc1nc2n(n1)CCCC2C(=O)O. The van der Waals surface area contributed by atoms with E-state index in [1.54, 1.807) is 4.68 Å². The van der Waals surface area contributed by atoms with Gasteiger partial charge in [0.15, 0.2) is 5.82 Å². The number of aliphatic carboxylic acids is 1. The second-order valence-electron chi connectivity index (χ2n) is 3.35. The molecule has 0 radical (unpaired) electrons. The van der Waals surface area contributed by atoms with Crippen molar-refractivity contribution in [3.8, 4) is 0 Å². The predicted molar refractivity (Wildman–Crippen MR) is 47.5 cm³/mol. The van der Waals surface area contributed by atoms with Gasteiger partial charge in [0, 0.05) is 6.54 Å². The van der Waals surface area contributed by atoms with Gasteiger partial charge in [-0.05, 0) is 12.8 Å². The first-order valence-corrected chi connectivity index (χ1v) is 4.59. The van der Waals surface area contributed by atoms with E-state index in [0.29, 0.717) is 18.1 Å². The van der Waals surface area contributed by atoms with Crippen molar-refractivity contribution in [2.75, 3.05) is 0 Å². The van der Waals surface area contributed by atoms with Crippen LogP contribution in [0.25, 0.3) is 0 Å². The molecule has 0 saturated carbocycles. The number of carbonyl (C=O) groups is 1. The summed E-state index contributed by atoms with van der Waals surface area (Å²) >= 11 is 0. The second kappa shape index (κ2) is 3.38. The van der Waals surface area contributed by atoms with Gasteiger partial charge in [0.25, 0.3) is 0 Å². The van der Waals surface area contributed by atoms with Crippen LogP contribution in [0.3, 0.4) is 0 Å². The van der Waals surface area contributed by atoms with Crippen molar-refractivity contribution in [1.29, 1.82) is 0 Å². The maximum Gasteiger partial charge on any atom is 0.314 e. The molecule has 1 unspecified atom stereocenters. The maximum absolute atomic E-state index is 10.9. The van der Waals surface area contributed by atoms with Crippen molar-refractivity contribution >= 4 is 5.97 Å². The van der Waals surface area contributed by atoms with Crippen LogP contribution in [0.15, 0.2) is 0 Å². The first-order chi connectivity index (χ1) is 6.72. The summed E-state index contributed by atoms with van der Waals surface area (Å²) in [6.45, 7) is 0.998. The summed E-state index contributed by atoms with van der Waals surface area (Å²) < 4.78 is 1.66. The average molecular weight is 196 g/mol. The zero-order chi connectivity index (χ0) is 10.1. The van der Waals surface area contributed by atoms with Crippen LogP contribution >= 0.6 is 0 Å². The van der Waals surface area contributed by atoms with E-state index in [9.17, 15) is 4.79 Å². The fourth-order valence-corrected chi connectivity index (χ4v) is 1.72. The molecule has 0 fully saturated rings. The highest BCUT2D eigenvalue weighted by Gasteiger charge is 2.29. The molecule has 0 amide bonds. The Labute approximate surface area is 80.7 Å². The monoisotopic (exact) mass is 196 g/mol. The van der Waals surface area contributed by atoms with Crippen molar-refractivity contribution in [3.63, 3.8) is 0 Å². The number of carboxylic acid groups (broad SMARTS) is 1. The highest BCUT2D eigenvalue weighted by Crippen LogP contribution is 2.25. The molecule has 0 aliphatic carbocycles. The number of rotatable bonds is 2. The first-order valence-electron chi connectivity index (χ1n) is 4.59. The van der Waals surface area contributed by atoms with E-state index in [1.165, 1.54) is 0 Å². The summed E-state index contributed by atoms with van der Waals surface area (Å²) in [7, 11) is 0. The molecule has 1 aromatic rings. The predicted octanol–water partition coefficient (Wildman–Crippen LogP) is -0.301. The topological polar surface area (TPSA) is 94.0 Å². The Morgan fingerprint density at radius 3 is 3.14 bits per heavy atom. The summed E-state index contributed by atoms with van der Waals surface area (Å²) in [5.74, 6) is -0.282. The number of nitrogens with zero attached hydrogens (tertiary/aromatic N) is 3. The van der Waals surface area contributed by atoms with Gasteiger partial charge < -0.3 is 10.8 Å². The van der Waals surface area contributed by atoms with E-state index >= 15 is 0 Å². The quantitative estimate of drug-likeness (QED) is 0.677. The molecule has 0 bridgehead atoms. The van der Waals surface area contributed by atoms with Crippen LogP contribution in [0, 0.1) is 0 Å². The minimum Gasteiger partial charge on any atom is -0.481 e. The van der Waals surface area contributed by atoms with Gasteiger partial charge in [-0.2, -0.15) is 5.10 Å². The molecule has 0 spiro atoms. The Bertz CT molecular complexity index is 360. The molecule has 76 valence electrons. The van der Waals surface area contributed by atoms with Gasteiger partial charge in [0.05, 0.1) is 6.54 Å². The van der Waals surface area contributed by atoms with Crippen LogP contribution in [-0.2, 0) is 17.9 Å². The lowest BCUT2D eigenvalue weighted by Crippen LogP contribution is -2.22. The summed E-state index contributed by atoms with van der Waals surface area (Å²) in [6.07, 6.45) is 1.47. The van der Waals surface area contributed by atoms with Crippen LogP contribution in [0.4, 0.5) is 0 Å². The van der Waals surface area contributed by atoms with Crippen molar-refractivity contribution < 1.29 is 9.90 Å². The number of aryl methyl sites for hydroxylation is 1. The molecule has 3 N–H and O–H groups in total. The van der Waals surface area contributed by atoms with E-state index in [1.807, 2.05) is 0 Å². The smallest absolute Gasteiger partial charge is 0.314 e. The number of fused-ring (bicyclic) bond motifs is 1. The van der Waals surface area contributed by atoms with Crippen LogP contribution in [-0.4, -0.2) is 25.8 Å². The Kier molecular flexibility index (Phi) is 2.20. The van der Waals surface area contributed by atoms with Gasteiger partial charge in [0.1, 0.15) is 11.7 Å². The fraction of sp³-hybridized carbons (Fsp3) is 0.625. The Hall–Kier alpha value is -1.43. The largest absolute Gasteiger partial charge is 0.481 e. The number of hydrogen-bond donors (Lipinski definition) is 2. The van der Waals surface area contributed by atoms with Gasteiger partial charge in [-0.1, -0.05) is 0 Å². The maximum atomic E-state index is 10.9. The minimum atomic E-state index is -0.832. The molecule has 1 aliphatic rings. The normalized spacial score (nSPS) is 20.5. The van der Waals surface area contributed by atoms with E-state index in [0.717, 1.165) is 13.0 Å². The molecule has 1 aromatic heterocycles. The van der Waals surface area contributed by atoms with Gasteiger partial charge in [-0.3, -0.25) is 4.79 Å². The number of aromatic nitrogens is 3. The lowest BCUT2D eigenvalue weighted by atomic mass is 10.00. The first kappa shape index (κ1) is 9.14. The molecule has 6 nitrogen and oxygen atoms in total. The second-order valence-corrected chi connectivity index (χ2v) is 3.35. The van der Waals surface area contributed by atoms with Crippen LogP contribution in [0.1, 0.15) is 30.4 Å². The molecule has 2 rings (SSSR count). The molecule has 2 heterocycles. The van der Waals surface area contributed by atoms with Crippen LogP contribution < -0.4 is 5.73 Å². The van der Waals surface area contributed by atoms with Crippen LogP contribution in [0.2, 0.25) is 0 Å². The third-order valence-electron chi connectivity index (χ3n) is 2.40. The lowest BCUT2D eigenvalue weighted by Gasteiger charge is -2.17. The highest BCUT2D eigenvalue weighted by atomic mass is 16.4. The van der Waals surface area contributed by atoms with Crippen molar-refractivity contribution in [1.82, 2.24) is 14.8 Å². The molecule has 14 heavy (non-hydrogen) atoms. The van der Waals surface area contributed by atoms with Gasteiger partial charge >= 0.3 is 5.97 Å². The zero-order valence-corrected chi connectivity index (χ0v) is 7.68. The molecule has 1 atom stereocenters. The molecule has 0 saturated heterocycles. The minimum absolute atomic E-state index is 0.256.